The van der Waals surface area contributed by atoms with E-state index in [4.69, 9.17) is 0 Å². The van der Waals surface area contributed by atoms with E-state index in [9.17, 15) is 5.11 Å². The van der Waals surface area contributed by atoms with Crippen LogP contribution in [0.5, 0.6) is 5.75 Å². The summed E-state index contributed by atoms with van der Waals surface area (Å²) >= 11 is 0. The largest absolute Gasteiger partial charge is 1.00 e. The molecule has 0 fully saturated rings. The van der Waals surface area contributed by atoms with Gasteiger partial charge in [-0.2, -0.15) is 0 Å². The van der Waals surface area contributed by atoms with Gasteiger partial charge in [-0.3, -0.25) is 0 Å². The van der Waals surface area contributed by atoms with Gasteiger partial charge in [0.2, 0.25) is 0 Å². The fourth-order valence-corrected chi connectivity index (χ4v) is 1.71. The summed E-state index contributed by atoms with van der Waals surface area (Å²) in [6, 6.07) is 7.21. The van der Waals surface area contributed by atoms with Crippen molar-refractivity contribution in [1.82, 2.24) is 0 Å². The Morgan fingerprint density at radius 3 is 2.19 bits per heavy atom. The van der Waals surface area contributed by atoms with Crippen molar-refractivity contribution in [2.45, 2.75) is 46.0 Å². The molecule has 0 aliphatic heterocycles. The van der Waals surface area contributed by atoms with Crippen LogP contribution in [0.4, 0.5) is 0 Å². The van der Waals surface area contributed by atoms with Crippen molar-refractivity contribution in [2.75, 3.05) is 0 Å². The van der Waals surface area contributed by atoms with E-state index in [0.29, 0.717) is 0 Å². The predicted molar refractivity (Wildman–Crippen MR) is 62.9 cm³/mol. The second-order valence-corrected chi connectivity index (χ2v) is 4.64. The quantitative estimate of drug-likeness (QED) is 0.514. The Morgan fingerprint density at radius 2 is 1.62 bits per heavy atom. The number of hydrogen-bond acceptors (Lipinski definition) is 1. The molecule has 0 spiro atoms. The molecule has 1 rings (SSSR count). The topological polar surface area (TPSA) is 23.1 Å². The van der Waals surface area contributed by atoms with Gasteiger partial charge in [0.1, 0.15) is 0 Å². The fraction of sp³-hybridized carbons (Fsp3) is 0.571. The first-order chi connectivity index (χ1) is 7.18. The SMILES string of the molecule is CC(C)CCCCCc1ccc([O-])cc1.[Na+]. The minimum atomic E-state index is 0. The van der Waals surface area contributed by atoms with E-state index in [1.54, 1.807) is 12.1 Å². The molecule has 0 aliphatic carbocycles. The minimum absolute atomic E-state index is 0. The van der Waals surface area contributed by atoms with Crippen molar-refractivity contribution in [3.05, 3.63) is 29.8 Å². The Bertz CT molecular complexity index is 267. The summed E-state index contributed by atoms with van der Waals surface area (Å²) in [6.07, 6.45) is 6.32. The molecule has 0 heterocycles. The molecule has 1 nitrogen and oxygen atoms in total. The average Bonchev–Trinajstić information content (AvgIpc) is 2.20. The molecule has 0 amide bonds. The fourth-order valence-electron chi connectivity index (χ4n) is 1.71. The van der Waals surface area contributed by atoms with Crippen LogP contribution in [-0.2, 0) is 6.42 Å². The van der Waals surface area contributed by atoms with Crippen LogP contribution in [0.2, 0.25) is 0 Å². The molecule has 0 saturated carbocycles. The summed E-state index contributed by atoms with van der Waals surface area (Å²) in [5.74, 6) is 0.934. The van der Waals surface area contributed by atoms with Crippen molar-refractivity contribution >= 4 is 0 Å². The monoisotopic (exact) mass is 228 g/mol. The van der Waals surface area contributed by atoms with Gasteiger partial charge in [0.05, 0.1) is 0 Å². The van der Waals surface area contributed by atoms with Crippen molar-refractivity contribution in [2.24, 2.45) is 5.92 Å². The predicted octanol–water partition coefficient (Wildman–Crippen LogP) is 0.523. The average molecular weight is 228 g/mol. The number of benzene rings is 1. The number of aryl methyl sites for hydroxylation is 1. The Kier molecular flexibility index (Phi) is 9.10. The summed E-state index contributed by atoms with van der Waals surface area (Å²) in [5, 5.41) is 10.9. The molecule has 0 radical (unpaired) electrons. The first kappa shape index (κ1) is 16.0. The third-order valence-electron chi connectivity index (χ3n) is 2.67. The minimum Gasteiger partial charge on any atom is -0.872 e. The van der Waals surface area contributed by atoms with Crippen molar-refractivity contribution in [3.63, 3.8) is 0 Å². The Balaban J connectivity index is 0.00000225. The van der Waals surface area contributed by atoms with Crippen LogP contribution in [0.1, 0.15) is 45.1 Å². The van der Waals surface area contributed by atoms with Crippen LogP contribution in [0.3, 0.4) is 0 Å². The normalized spacial score (nSPS) is 10.2. The van der Waals surface area contributed by atoms with Crippen LogP contribution < -0.4 is 34.7 Å². The van der Waals surface area contributed by atoms with Crippen LogP contribution >= 0.6 is 0 Å². The maximum Gasteiger partial charge on any atom is 1.00 e. The second kappa shape index (κ2) is 9.09. The Morgan fingerprint density at radius 1 is 1.00 bits per heavy atom. The molecule has 0 unspecified atom stereocenters. The molecule has 0 atom stereocenters. The molecule has 1 aromatic rings. The van der Waals surface area contributed by atoms with Gasteiger partial charge in [-0.05, 0) is 24.3 Å². The molecule has 84 valence electrons. The zero-order valence-electron chi connectivity index (χ0n) is 10.8. The van der Waals surface area contributed by atoms with Crippen molar-refractivity contribution < 1.29 is 34.7 Å². The Labute approximate surface area is 122 Å². The van der Waals surface area contributed by atoms with E-state index >= 15 is 0 Å². The molecule has 0 bridgehead atoms. The van der Waals surface area contributed by atoms with E-state index in [2.05, 4.69) is 13.8 Å². The van der Waals surface area contributed by atoms with Crippen molar-refractivity contribution in [3.8, 4) is 5.75 Å². The molecular weight excluding hydrogens is 207 g/mol. The maximum atomic E-state index is 10.9. The van der Waals surface area contributed by atoms with Crippen molar-refractivity contribution in [1.29, 1.82) is 0 Å². The molecule has 1 aromatic carbocycles. The van der Waals surface area contributed by atoms with Gasteiger partial charge in [-0.25, -0.2) is 0 Å². The third-order valence-corrected chi connectivity index (χ3v) is 2.67. The second-order valence-electron chi connectivity index (χ2n) is 4.64. The van der Waals surface area contributed by atoms with Gasteiger partial charge < -0.3 is 5.11 Å². The smallest absolute Gasteiger partial charge is 0.872 e. The first-order valence-corrected chi connectivity index (χ1v) is 5.94. The van der Waals surface area contributed by atoms with Gasteiger partial charge in [0.25, 0.3) is 0 Å². The molecule has 0 aromatic heterocycles. The summed E-state index contributed by atoms with van der Waals surface area (Å²) in [6.45, 7) is 4.54. The van der Waals surface area contributed by atoms with Gasteiger partial charge in [-0.1, -0.05) is 57.4 Å². The summed E-state index contributed by atoms with van der Waals surface area (Å²) in [4.78, 5) is 0. The summed E-state index contributed by atoms with van der Waals surface area (Å²) in [7, 11) is 0. The molecule has 16 heavy (non-hydrogen) atoms. The molecule has 0 N–H and O–H groups in total. The number of hydrogen-bond donors (Lipinski definition) is 0. The summed E-state index contributed by atoms with van der Waals surface area (Å²) < 4.78 is 0. The zero-order chi connectivity index (χ0) is 11.1. The third kappa shape index (κ3) is 7.32. The molecular formula is C14H21NaO. The Hall–Kier alpha value is 0.0200. The van der Waals surface area contributed by atoms with Crippen LogP contribution in [0, 0.1) is 5.92 Å². The zero-order valence-corrected chi connectivity index (χ0v) is 12.8. The van der Waals surface area contributed by atoms with E-state index in [1.807, 2.05) is 12.1 Å². The van der Waals surface area contributed by atoms with E-state index in [-0.39, 0.29) is 35.3 Å². The molecule has 0 aliphatic rings. The van der Waals surface area contributed by atoms with Crippen LogP contribution in [0.15, 0.2) is 24.3 Å². The van der Waals surface area contributed by atoms with E-state index in [0.717, 1.165) is 12.3 Å². The maximum absolute atomic E-state index is 10.9. The van der Waals surface area contributed by atoms with Crippen LogP contribution in [0.25, 0.3) is 0 Å². The van der Waals surface area contributed by atoms with Crippen LogP contribution in [-0.4, -0.2) is 0 Å². The number of unbranched alkanes of at least 4 members (excludes halogenated alkanes) is 2. The number of rotatable bonds is 6. The van der Waals surface area contributed by atoms with Gasteiger partial charge >= 0.3 is 29.6 Å². The van der Waals surface area contributed by atoms with Gasteiger partial charge in [-0.15, -0.1) is 5.75 Å². The molecule has 2 heteroatoms. The van der Waals surface area contributed by atoms with E-state index < -0.39 is 0 Å². The summed E-state index contributed by atoms with van der Waals surface area (Å²) in [5.41, 5.74) is 1.29. The standard InChI is InChI=1S/C14H22O.Na/c1-12(2)6-4-3-5-7-13-8-10-14(15)11-9-13;/h8-12,15H,3-7H2,1-2H3;/q;+1/p-1. The van der Waals surface area contributed by atoms with E-state index in [1.165, 1.54) is 31.2 Å². The first-order valence-electron chi connectivity index (χ1n) is 5.94. The van der Waals surface area contributed by atoms with Gasteiger partial charge in [0, 0.05) is 0 Å². The molecule has 0 saturated heterocycles. The van der Waals surface area contributed by atoms with Gasteiger partial charge in [0.15, 0.2) is 0 Å².